The maximum Gasteiger partial charge on any atom is 0.319 e. The van der Waals surface area contributed by atoms with Gasteiger partial charge in [0.15, 0.2) is 11.5 Å². The minimum atomic E-state index is -0.283. The summed E-state index contributed by atoms with van der Waals surface area (Å²) >= 11 is 0. The Bertz CT molecular complexity index is 806. The SMILES string of the molecule is COc1ccc(C2(CNC(=O)Nc3cc(OC)c(OC)c(OC)c3)CC2)cc1. The van der Waals surface area contributed by atoms with Crippen LogP contribution in [0, 0.1) is 0 Å². The van der Waals surface area contributed by atoms with Crippen molar-refractivity contribution in [3.05, 3.63) is 42.0 Å². The Kier molecular flexibility index (Phi) is 5.82. The summed E-state index contributed by atoms with van der Waals surface area (Å²) in [4.78, 5) is 12.4. The zero-order chi connectivity index (χ0) is 20.1. The highest BCUT2D eigenvalue weighted by Gasteiger charge is 2.44. The van der Waals surface area contributed by atoms with Crippen molar-refractivity contribution < 1.29 is 23.7 Å². The van der Waals surface area contributed by atoms with Gasteiger partial charge in [0.25, 0.3) is 0 Å². The van der Waals surface area contributed by atoms with E-state index in [1.165, 1.54) is 26.9 Å². The maximum atomic E-state index is 12.4. The van der Waals surface area contributed by atoms with Crippen LogP contribution in [-0.4, -0.2) is 41.0 Å². The number of nitrogens with one attached hydrogen (secondary N) is 2. The molecule has 3 rings (SSSR count). The van der Waals surface area contributed by atoms with Crippen molar-refractivity contribution in [1.29, 1.82) is 0 Å². The Morgan fingerprint density at radius 1 is 0.929 bits per heavy atom. The van der Waals surface area contributed by atoms with Crippen LogP contribution in [0.1, 0.15) is 18.4 Å². The number of rotatable bonds is 8. The smallest absolute Gasteiger partial charge is 0.319 e. The summed E-state index contributed by atoms with van der Waals surface area (Å²) in [5.74, 6) is 2.27. The molecule has 7 nitrogen and oxygen atoms in total. The zero-order valence-electron chi connectivity index (χ0n) is 16.6. The van der Waals surface area contributed by atoms with Crippen LogP contribution in [-0.2, 0) is 5.41 Å². The second-order valence-corrected chi connectivity index (χ2v) is 6.73. The van der Waals surface area contributed by atoms with Crippen LogP contribution in [0.3, 0.4) is 0 Å². The molecule has 1 saturated carbocycles. The molecule has 0 spiro atoms. The molecule has 0 aromatic heterocycles. The molecule has 0 bridgehead atoms. The summed E-state index contributed by atoms with van der Waals surface area (Å²) in [6.07, 6.45) is 2.09. The van der Waals surface area contributed by atoms with Crippen molar-refractivity contribution in [2.45, 2.75) is 18.3 Å². The van der Waals surface area contributed by atoms with Gasteiger partial charge in [-0.25, -0.2) is 4.79 Å². The summed E-state index contributed by atoms with van der Waals surface area (Å²) in [6.45, 7) is 0.565. The fraction of sp³-hybridized carbons (Fsp3) is 0.381. The van der Waals surface area contributed by atoms with Gasteiger partial charge in [0.2, 0.25) is 5.75 Å². The van der Waals surface area contributed by atoms with Crippen LogP contribution in [0.2, 0.25) is 0 Å². The lowest BCUT2D eigenvalue weighted by molar-refractivity contribution is 0.251. The van der Waals surface area contributed by atoms with Crippen molar-refractivity contribution in [3.63, 3.8) is 0 Å². The molecular weight excluding hydrogens is 360 g/mol. The van der Waals surface area contributed by atoms with Crippen molar-refractivity contribution in [1.82, 2.24) is 5.32 Å². The first-order valence-electron chi connectivity index (χ1n) is 9.04. The van der Waals surface area contributed by atoms with Crippen molar-refractivity contribution in [2.24, 2.45) is 0 Å². The molecule has 1 fully saturated rings. The molecule has 2 aromatic carbocycles. The molecule has 0 atom stereocenters. The van der Waals surface area contributed by atoms with E-state index in [1.54, 1.807) is 19.2 Å². The van der Waals surface area contributed by atoms with Crippen LogP contribution in [0.15, 0.2) is 36.4 Å². The first-order chi connectivity index (χ1) is 13.5. The number of amides is 2. The standard InChI is InChI=1S/C21H26N2O5/c1-25-16-7-5-14(6-8-16)21(9-10-21)13-22-20(24)23-15-11-17(26-2)19(28-4)18(12-15)27-3/h5-8,11-12H,9-10,13H2,1-4H3,(H2,22,23,24). The molecule has 0 unspecified atom stereocenters. The van der Waals surface area contributed by atoms with Crippen molar-refractivity contribution in [2.75, 3.05) is 40.3 Å². The lowest BCUT2D eigenvalue weighted by atomic mass is 9.96. The van der Waals surface area contributed by atoms with E-state index in [9.17, 15) is 4.79 Å². The summed E-state index contributed by atoms with van der Waals surface area (Å²) in [7, 11) is 6.26. The van der Waals surface area contributed by atoms with Crippen LogP contribution in [0.25, 0.3) is 0 Å². The van der Waals surface area contributed by atoms with Gasteiger partial charge in [-0.15, -0.1) is 0 Å². The number of hydrogen-bond acceptors (Lipinski definition) is 5. The van der Waals surface area contributed by atoms with Crippen LogP contribution in [0.4, 0.5) is 10.5 Å². The van der Waals surface area contributed by atoms with Gasteiger partial charge in [0, 0.05) is 24.1 Å². The average molecular weight is 386 g/mol. The third kappa shape index (κ3) is 4.08. The van der Waals surface area contributed by atoms with Gasteiger partial charge >= 0.3 is 6.03 Å². The fourth-order valence-electron chi connectivity index (χ4n) is 3.24. The molecule has 2 N–H and O–H groups in total. The van der Waals surface area contributed by atoms with Gasteiger partial charge in [-0.05, 0) is 30.5 Å². The number of anilines is 1. The summed E-state index contributed by atoms with van der Waals surface area (Å²) < 4.78 is 21.1. The van der Waals surface area contributed by atoms with E-state index in [0.29, 0.717) is 29.5 Å². The molecule has 0 heterocycles. The monoisotopic (exact) mass is 386 g/mol. The van der Waals surface area contributed by atoms with E-state index in [1.807, 2.05) is 12.1 Å². The van der Waals surface area contributed by atoms with Crippen molar-refractivity contribution >= 4 is 11.7 Å². The Morgan fingerprint density at radius 3 is 2.00 bits per heavy atom. The fourth-order valence-corrected chi connectivity index (χ4v) is 3.24. The molecule has 0 saturated heterocycles. The minimum absolute atomic E-state index is 0.00109. The zero-order valence-corrected chi connectivity index (χ0v) is 16.6. The topological polar surface area (TPSA) is 78.1 Å². The van der Waals surface area contributed by atoms with E-state index in [0.717, 1.165) is 18.6 Å². The molecule has 150 valence electrons. The largest absolute Gasteiger partial charge is 0.497 e. The molecule has 0 aliphatic heterocycles. The third-order valence-electron chi connectivity index (χ3n) is 5.07. The number of methoxy groups -OCH3 is 4. The van der Waals surface area contributed by atoms with Crippen LogP contribution >= 0.6 is 0 Å². The van der Waals surface area contributed by atoms with Crippen LogP contribution in [0.5, 0.6) is 23.0 Å². The molecule has 2 amide bonds. The second-order valence-electron chi connectivity index (χ2n) is 6.73. The second kappa shape index (κ2) is 8.29. The van der Waals surface area contributed by atoms with E-state index < -0.39 is 0 Å². The average Bonchev–Trinajstić information content (AvgIpc) is 3.52. The highest BCUT2D eigenvalue weighted by atomic mass is 16.5. The molecule has 1 aliphatic carbocycles. The Labute approximate surface area is 164 Å². The van der Waals surface area contributed by atoms with E-state index in [-0.39, 0.29) is 11.4 Å². The molecule has 0 radical (unpaired) electrons. The van der Waals surface area contributed by atoms with Gasteiger partial charge in [0.1, 0.15) is 5.75 Å². The summed E-state index contributed by atoms with van der Waals surface area (Å²) in [6, 6.07) is 11.1. The highest BCUT2D eigenvalue weighted by molar-refractivity contribution is 5.90. The molecule has 1 aliphatic rings. The van der Waals surface area contributed by atoms with Gasteiger partial charge in [-0.1, -0.05) is 12.1 Å². The molecule has 2 aromatic rings. The van der Waals surface area contributed by atoms with Crippen molar-refractivity contribution in [3.8, 4) is 23.0 Å². The highest BCUT2D eigenvalue weighted by Crippen LogP contribution is 2.48. The Hall–Kier alpha value is -3.09. The molecule has 7 heteroatoms. The number of carbonyl (C=O) groups excluding carboxylic acids is 1. The molecule has 28 heavy (non-hydrogen) atoms. The maximum absolute atomic E-state index is 12.4. The number of hydrogen-bond donors (Lipinski definition) is 2. The number of benzene rings is 2. The first-order valence-corrected chi connectivity index (χ1v) is 9.04. The number of carbonyl (C=O) groups is 1. The normalized spacial score (nSPS) is 14.0. The predicted octanol–water partition coefficient (Wildman–Crippen LogP) is 3.57. The summed E-state index contributed by atoms with van der Waals surface area (Å²) in [5, 5.41) is 5.80. The lowest BCUT2D eigenvalue weighted by Crippen LogP contribution is -2.35. The van der Waals surface area contributed by atoms with Gasteiger partial charge in [0.05, 0.1) is 34.1 Å². The van der Waals surface area contributed by atoms with Gasteiger partial charge in [-0.3, -0.25) is 0 Å². The molecular formula is C21H26N2O5. The summed E-state index contributed by atoms with van der Waals surface area (Å²) in [5.41, 5.74) is 1.77. The number of ether oxygens (including phenoxy) is 4. The Balaban J connectivity index is 1.64. The quantitative estimate of drug-likeness (QED) is 0.725. The third-order valence-corrected chi connectivity index (χ3v) is 5.07. The van der Waals surface area contributed by atoms with E-state index >= 15 is 0 Å². The number of urea groups is 1. The predicted molar refractivity (Wildman–Crippen MR) is 107 cm³/mol. The van der Waals surface area contributed by atoms with Gasteiger partial charge < -0.3 is 29.6 Å². The van der Waals surface area contributed by atoms with E-state index in [4.69, 9.17) is 18.9 Å². The van der Waals surface area contributed by atoms with Gasteiger partial charge in [-0.2, -0.15) is 0 Å². The van der Waals surface area contributed by atoms with E-state index in [2.05, 4.69) is 22.8 Å². The Morgan fingerprint density at radius 2 is 1.54 bits per heavy atom. The lowest BCUT2D eigenvalue weighted by Gasteiger charge is -2.18. The van der Waals surface area contributed by atoms with Crippen LogP contribution < -0.4 is 29.6 Å². The minimum Gasteiger partial charge on any atom is -0.497 e. The first kappa shape index (κ1) is 19.7.